The fourth-order valence-corrected chi connectivity index (χ4v) is 3.15. The second kappa shape index (κ2) is 5.09. The molecule has 4 nitrogen and oxygen atoms in total. The molecule has 2 aromatic rings. The van der Waals surface area contributed by atoms with E-state index in [1.165, 1.54) is 23.6 Å². The van der Waals surface area contributed by atoms with Gasteiger partial charge in [-0.25, -0.2) is 14.1 Å². The summed E-state index contributed by atoms with van der Waals surface area (Å²) in [5, 5.41) is 0. The number of anilines is 1. The van der Waals surface area contributed by atoms with Gasteiger partial charge in [0.1, 0.15) is 17.3 Å². The zero-order valence-electron chi connectivity index (χ0n) is 10.9. The summed E-state index contributed by atoms with van der Waals surface area (Å²) >= 11 is 3.24. The van der Waals surface area contributed by atoms with Gasteiger partial charge < -0.3 is 11.6 Å². The van der Waals surface area contributed by atoms with Gasteiger partial charge >= 0.3 is 0 Å². The first-order valence-corrected chi connectivity index (χ1v) is 7.46. The normalized spacial score (nSPS) is 15.9. The summed E-state index contributed by atoms with van der Waals surface area (Å²) in [6.45, 7) is 0. The van der Waals surface area contributed by atoms with Gasteiger partial charge in [-0.05, 0) is 31.0 Å². The Kier molecular flexibility index (Phi) is 3.41. The van der Waals surface area contributed by atoms with Crippen molar-refractivity contribution in [2.75, 3.05) is 11.6 Å². The molecule has 1 aliphatic rings. The largest absolute Gasteiger partial charge is 0.382 e. The Bertz CT molecular complexity index is 647. The van der Waals surface area contributed by atoms with Gasteiger partial charge in [0.05, 0.1) is 0 Å². The lowest BCUT2D eigenvalue weighted by Gasteiger charge is -2.08. The zero-order chi connectivity index (χ0) is 14.3. The van der Waals surface area contributed by atoms with Crippen molar-refractivity contribution >= 4 is 21.7 Å². The molecule has 1 aromatic carbocycles. The van der Waals surface area contributed by atoms with E-state index in [1.807, 2.05) is 0 Å². The zero-order valence-corrected chi connectivity index (χ0v) is 12.5. The number of halogens is 2. The lowest BCUT2D eigenvalue weighted by atomic mass is 10.1. The highest BCUT2D eigenvalue weighted by molar-refractivity contribution is 9.10. The highest BCUT2D eigenvalue weighted by Crippen LogP contribution is 2.37. The predicted octanol–water partition coefficient (Wildman–Crippen LogP) is 3.41. The molecule has 0 radical (unpaired) electrons. The van der Waals surface area contributed by atoms with E-state index in [-0.39, 0.29) is 5.82 Å². The molecule has 0 saturated heterocycles. The van der Waals surface area contributed by atoms with Gasteiger partial charge in [0.15, 0.2) is 5.82 Å². The van der Waals surface area contributed by atoms with Crippen LogP contribution in [-0.4, -0.2) is 9.66 Å². The second-order valence-corrected chi connectivity index (χ2v) is 6.10. The first kappa shape index (κ1) is 13.4. The quantitative estimate of drug-likeness (QED) is 0.824. The second-order valence-electron chi connectivity index (χ2n) is 5.18. The number of hydrogen-bond acceptors (Lipinski definition) is 3. The van der Waals surface area contributed by atoms with Crippen LogP contribution in [-0.2, 0) is 0 Å². The molecule has 0 bridgehead atoms. The van der Waals surface area contributed by atoms with Gasteiger partial charge in [0.25, 0.3) is 0 Å². The minimum atomic E-state index is -0.359. The summed E-state index contributed by atoms with van der Waals surface area (Å²) in [5.74, 6) is 7.04. The van der Waals surface area contributed by atoms with Crippen molar-refractivity contribution in [1.29, 1.82) is 0 Å². The van der Waals surface area contributed by atoms with Crippen molar-refractivity contribution < 1.29 is 4.39 Å². The lowest BCUT2D eigenvalue weighted by Crippen LogP contribution is -2.17. The Morgan fingerprint density at radius 3 is 2.65 bits per heavy atom. The lowest BCUT2D eigenvalue weighted by molar-refractivity contribution is 0.629. The van der Waals surface area contributed by atoms with Crippen molar-refractivity contribution in [2.45, 2.75) is 31.6 Å². The number of hydrogen-bond donors (Lipinski definition) is 2. The molecule has 1 aliphatic carbocycles. The minimum Gasteiger partial charge on any atom is -0.382 e. The van der Waals surface area contributed by atoms with Crippen LogP contribution in [0.15, 0.2) is 22.7 Å². The highest BCUT2D eigenvalue weighted by atomic mass is 79.9. The molecule has 4 N–H and O–H groups in total. The van der Waals surface area contributed by atoms with E-state index in [0.717, 1.165) is 18.7 Å². The molecule has 0 unspecified atom stereocenters. The summed E-state index contributed by atoms with van der Waals surface area (Å²) in [6.07, 6.45) is 4.49. The number of rotatable bonds is 2. The van der Waals surface area contributed by atoms with Gasteiger partial charge in [0, 0.05) is 16.0 Å². The molecule has 0 atom stereocenters. The number of imidazole rings is 1. The Hall–Kier alpha value is -1.56. The number of nitrogen functional groups attached to an aromatic ring is 2. The van der Waals surface area contributed by atoms with Crippen LogP contribution in [0, 0.1) is 5.82 Å². The molecule has 1 fully saturated rings. The Balaban J connectivity index is 2.07. The SMILES string of the molecule is Nc1c(-c2ccc(Br)cc2F)nc(C2CCCC2)n1N. The van der Waals surface area contributed by atoms with Gasteiger partial charge in [-0.1, -0.05) is 28.8 Å². The van der Waals surface area contributed by atoms with Crippen LogP contribution in [0.2, 0.25) is 0 Å². The van der Waals surface area contributed by atoms with Gasteiger partial charge in [0.2, 0.25) is 0 Å². The van der Waals surface area contributed by atoms with Gasteiger partial charge in [-0.3, -0.25) is 0 Å². The molecule has 1 aromatic heterocycles. The highest BCUT2D eigenvalue weighted by Gasteiger charge is 2.25. The van der Waals surface area contributed by atoms with Crippen LogP contribution in [0.1, 0.15) is 37.4 Å². The summed E-state index contributed by atoms with van der Waals surface area (Å²) in [4.78, 5) is 4.51. The molecular formula is C14H16BrFN4. The molecule has 1 saturated carbocycles. The molecule has 0 aliphatic heterocycles. The Labute approximate surface area is 125 Å². The molecular weight excluding hydrogens is 323 g/mol. The van der Waals surface area contributed by atoms with Crippen molar-refractivity contribution in [1.82, 2.24) is 9.66 Å². The minimum absolute atomic E-state index is 0.313. The van der Waals surface area contributed by atoms with Crippen molar-refractivity contribution in [3.05, 3.63) is 34.3 Å². The predicted molar refractivity (Wildman–Crippen MR) is 81.1 cm³/mol. The molecule has 6 heteroatoms. The van der Waals surface area contributed by atoms with Gasteiger partial charge in [-0.2, -0.15) is 0 Å². The van der Waals surface area contributed by atoms with Gasteiger partial charge in [-0.15, -0.1) is 0 Å². The van der Waals surface area contributed by atoms with E-state index in [9.17, 15) is 4.39 Å². The number of nitrogens with zero attached hydrogens (tertiary/aromatic N) is 2. The summed E-state index contributed by atoms with van der Waals surface area (Å²) in [6, 6.07) is 4.83. The fraction of sp³-hybridized carbons (Fsp3) is 0.357. The van der Waals surface area contributed by atoms with Crippen molar-refractivity contribution in [3.63, 3.8) is 0 Å². The topological polar surface area (TPSA) is 69.9 Å². The van der Waals surface area contributed by atoms with E-state index in [1.54, 1.807) is 12.1 Å². The van der Waals surface area contributed by atoms with Crippen molar-refractivity contribution in [2.24, 2.45) is 0 Å². The number of benzene rings is 1. The maximum Gasteiger partial charge on any atom is 0.150 e. The van der Waals surface area contributed by atoms with Crippen LogP contribution in [0.3, 0.4) is 0 Å². The average Bonchev–Trinajstić information content (AvgIpc) is 3.01. The van der Waals surface area contributed by atoms with Crippen LogP contribution in [0.25, 0.3) is 11.3 Å². The molecule has 0 spiro atoms. The van der Waals surface area contributed by atoms with E-state index < -0.39 is 0 Å². The third kappa shape index (κ3) is 2.18. The van der Waals surface area contributed by atoms with Crippen LogP contribution in [0.4, 0.5) is 10.2 Å². The van der Waals surface area contributed by atoms with E-state index in [2.05, 4.69) is 20.9 Å². The molecule has 20 heavy (non-hydrogen) atoms. The van der Waals surface area contributed by atoms with E-state index in [4.69, 9.17) is 11.6 Å². The van der Waals surface area contributed by atoms with Crippen molar-refractivity contribution in [3.8, 4) is 11.3 Å². The maximum atomic E-state index is 14.1. The molecule has 106 valence electrons. The number of aromatic nitrogens is 2. The van der Waals surface area contributed by atoms with Crippen LogP contribution >= 0.6 is 15.9 Å². The Morgan fingerprint density at radius 2 is 2.00 bits per heavy atom. The van der Waals surface area contributed by atoms with Crippen LogP contribution < -0.4 is 11.6 Å². The monoisotopic (exact) mass is 338 g/mol. The molecule has 1 heterocycles. The third-order valence-corrected chi connectivity index (χ3v) is 4.38. The third-order valence-electron chi connectivity index (χ3n) is 3.88. The summed E-state index contributed by atoms with van der Waals surface area (Å²) in [5.41, 5.74) is 6.82. The molecule has 3 rings (SSSR count). The average molecular weight is 339 g/mol. The molecule has 0 amide bonds. The summed E-state index contributed by atoms with van der Waals surface area (Å²) < 4.78 is 16.1. The van der Waals surface area contributed by atoms with Crippen LogP contribution in [0.5, 0.6) is 0 Å². The first-order chi connectivity index (χ1) is 9.58. The maximum absolute atomic E-state index is 14.1. The first-order valence-electron chi connectivity index (χ1n) is 6.66. The standard InChI is InChI=1S/C14H16BrFN4/c15-9-5-6-10(11(16)7-9)12-13(17)20(18)14(19-12)8-3-1-2-4-8/h5-8H,1-4,17-18H2. The Morgan fingerprint density at radius 1 is 1.30 bits per heavy atom. The van der Waals surface area contributed by atoms with E-state index in [0.29, 0.717) is 27.5 Å². The number of nitrogens with two attached hydrogens (primary N) is 2. The smallest absolute Gasteiger partial charge is 0.150 e. The summed E-state index contributed by atoms with van der Waals surface area (Å²) in [7, 11) is 0. The fourth-order valence-electron chi connectivity index (χ4n) is 2.81. The van der Waals surface area contributed by atoms with E-state index >= 15 is 0 Å².